The smallest absolute Gasteiger partial charge is 0.115 e. The van der Waals surface area contributed by atoms with E-state index in [0.29, 0.717) is 6.04 Å². The quantitative estimate of drug-likeness (QED) is 0.847. The number of hydrogen-bond acceptors (Lipinski definition) is 4. The Morgan fingerprint density at radius 2 is 2.06 bits per heavy atom. The molecule has 4 nitrogen and oxygen atoms in total. The lowest BCUT2D eigenvalue weighted by Crippen LogP contribution is -2.26. The number of rotatable bonds is 5. The van der Waals surface area contributed by atoms with Crippen LogP contribution in [0.25, 0.3) is 0 Å². The average molecular weight is 235 g/mol. The molecule has 1 atom stereocenters. The van der Waals surface area contributed by atoms with Crippen molar-refractivity contribution in [3.63, 3.8) is 0 Å². The minimum atomic E-state index is 0.379. The molecule has 0 aliphatic carbocycles. The number of aromatic nitrogens is 2. The fourth-order valence-electron chi connectivity index (χ4n) is 2.39. The van der Waals surface area contributed by atoms with Gasteiger partial charge in [0.05, 0.1) is 0 Å². The highest BCUT2D eigenvalue weighted by Gasteiger charge is 2.20. The zero-order valence-corrected chi connectivity index (χ0v) is 10.4. The van der Waals surface area contributed by atoms with Gasteiger partial charge in [0.25, 0.3) is 0 Å². The Morgan fingerprint density at radius 1 is 1.35 bits per heavy atom. The summed E-state index contributed by atoms with van der Waals surface area (Å²) in [5, 5.41) is 3.53. The Hall–Kier alpha value is -1.00. The third-order valence-electron chi connectivity index (χ3n) is 3.34. The van der Waals surface area contributed by atoms with Crippen molar-refractivity contribution in [1.82, 2.24) is 15.3 Å². The van der Waals surface area contributed by atoms with Crippen LogP contribution in [0.5, 0.6) is 0 Å². The van der Waals surface area contributed by atoms with Crippen molar-refractivity contribution in [2.75, 3.05) is 19.8 Å². The van der Waals surface area contributed by atoms with E-state index >= 15 is 0 Å². The van der Waals surface area contributed by atoms with Crippen molar-refractivity contribution in [2.24, 2.45) is 5.92 Å². The van der Waals surface area contributed by atoms with Crippen LogP contribution >= 0.6 is 0 Å². The molecule has 0 saturated carbocycles. The maximum Gasteiger partial charge on any atom is 0.115 e. The van der Waals surface area contributed by atoms with E-state index in [1.807, 2.05) is 12.4 Å². The molecular formula is C13H21N3O. The highest BCUT2D eigenvalue weighted by atomic mass is 16.5. The Labute approximate surface area is 103 Å². The van der Waals surface area contributed by atoms with Gasteiger partial charge in [-0.15, -0.1) is 0 Å². The second-order valence-corrected chi connectivity index (χ2v) is 4.57. The Balaban J connectivity index is 1.96. The summed E-state index contributed by atoms with van der Waals surface area (Å²) in [6, 6.07) is 0.379. The van der Waals surface area contributed by atoms with E-state index in [-0.39, 0.29) is 0 Å². The summed E-state index contributed by atoms with van der Waals surface area (Å²) < 4.78 is 5.40. The van der Waals surface area contributed by atoms with Gasteiger partial charge < -0.3 is 10.1 Å². The Bertz CT molecular complexity index is 312. The van der Waals surface area contributed by atoms with Crippen LogP contribution in [0.2, 0.25) is 0 Å². The predicted octanol–water partition coefficient (Wildman–Crippen LogP) is 1.94. The molecule has 17 heavy (non-hydrogen) atoms. The first-order chi connectivity index (χ1) is 8.40. The zero-order valence-electron chi connectivity index (χ0n) is 10.4. The van der Waals surface area contributed by atoms with Crippen LogP contribution in [-0.2, 0) is 4.74 Å². The van der Waals surface area contributed by atoms with E-state index in [0.717, 1.165) is 32.1 Å². The topological polar surface area (TPSA) is 47.0 Å². The van der Waals surface area contributed by atoms with Crippen molar-refractivity contribution in [3.8, 4) is 0 Å². The molecule has 1 saturated heterocycles. The summed E-state index contributed by atoms with van der Waals surface area (Å²) >= 11 is 0. The van der Waals surface area contributed by atoms with Gasteiger partial charge in [0.2, 0.25) is 0 Å². The van der Waals surface area contributed by atoms with Gasteiger partial charge in [-0.2, -0.15) is 0 Å². The van der Waals surface area contributed by atoms with Crippen LogP contribution in [0, 0.1) is 5.92 Å². The highest BCUT2D eigenvalue weighted by molar-refractivity contribution is 5.09. The van der Waals surface area contributed by atoms with E-state index in [9.17, 15) is 0 Å². The summed E-state index contributed by atoms with van der Waals surface area (Å²) in [5.41, 5.74) is 1.20. The second kappa shape index (κ2) is 6.67. The summed E-state index contributed by atoms with van der Waals surface area (Å²) in [5.74, 6) is 0.757. The molecule has 1 unspecified atom stereocenters. The monoisotopic (exact) mass is 235 g/mol. The molecule has 2 heterocycles. The summed E-state index contributed by atoms with van der Waals surface area (Å²) in [7, 11) is 0. The van der Waals surface area contributed by atoms with Gasteiger partial charge in [-0.3, -0.25) is 0 Å². The molecule has 4 heteroatoms. The normalized spacial score (nSPS) is 19.1. The first-order valence-corrected chi connectivity index (χ1v) is 6.46. The van der Waals surface area contributed by atoms with E-state index < -0.39 is 0 Å². The van der Waals surface area contributed by atoms with Crippen LogP contribution in [0.15, 0.2) is 18.7 Å². The zero-order chi connectivity index (χ0) is 11.9. The van der Waals surface area contributed by atoms with Gasteiger partial charge in [0.15, 0.2) is 0 Å². The molecule has 1 aromatic heterocycles. The van der Waals surface area contributed by atoms with Crippen molar-refractivity contribution in [2.45, 2.75) is 32.2 Å². The lowest BCUT2D eigenvalue weighted by atomic mass is 9.90. The minimum absolute atomic E-state index is 0.379. The number of ether oxygens (including phenoxy) is 1. The van der Waals surface area contributed by atoms with Gasteiger partial charge in [0.1, 0.15) is 6.33 Å². The van der Waals surface area contributed by atoms with Crippen LogP contribution in [0.1, 0.15) is 37.8 Å². The largest absolute Gasteiger partial charge is 0.381 e. The van der Waals surface area contributed by atoms with E-state index in [1.54, 1.807) is 6.33 Å². The van der Waals surface area contributed by atoms with E-state index in [2.05, 4.69) is 22.2 Å². The Kier molecular flexibility index (Phi) is 4.88. The lowest BCUT2D eigenvalue weighted by Gasteiger charge is -2.27. The maximum atomic E-state index is 5.40. The van der Waals surface area contributed by atoms with Crippen molar-refractivity contribution in [1.29, 1.82) is 0 Å². The van der Waals surface area contributed by atoms with Crippen LogP contribution in [0.3, 0.4) is 0 Å². The fraction of sp³-hybridized carbons (Fsp3) is 0.692. The van der Waals surface area contributed by atoms with Crippen molar-refractivity contribution < 1.29 is 4.74 Å². The third kappa shape index (κ3) is 3.75. The van der Waals surface area contributed by atoms with E-state index in [1.165, 1.54) is 18.4 Å². The second-order valence-electron chi connectivity index (χ2n) is 4.57. The van der Waals surface area contributed by atoms with Crippen LogP contribution in [-0.4, -0.2) is 29.7 Å². The molecular weight excluding hydrogens is 214 g/mol. The van der Waals surface area contributed by atoms with Crippen LogP contribution in [0.4, 0.5) is 0 Å². The van der Waals surface area contributed by atoms with Crippen molar-refractivity contribution in [3.05, 3.63) is 24.3 Å². The lowest BCUT2D eigenvalue weighted by molar-refractivity contribution is 0.0605. The molecule has 1 N–H and O–H groups in total. The van der Waals surface area contributed by atoms with Gasteiger partial charge in [-0.05, 0) is 31.7 Å². The number of nitrogens with zero attached hydrogens (tertiary/aromatic N) is 2. The molecule has 0 radical (unpaired) electrons. The fourth-order valence-corrected chi connectivity index (χ4v) is 2.39. The molecule has 1 fully saturated rings. The van der Waals surface area contributed by atoms with Gasteiger partial charge in [-0.1, -0.05) is 6.92 Å². The van der Waals surface area contributed by atoms with Gasteiger partial charge >= 0.3 is 0 Å². The molecule has 1 aliphatic rings. The Morgan fingerprint density at radius 3 is 2.71 bits per heavy atom. The van der Waals surface area contributed by atoms with Gasteiger partial charge in [0, 0.05) is 37.2 Å². The first-order valence-electron chi connectivity index (χ1n) is 6.46. The summed E-state index contributed by atoms with van der Waals surface area (Å²) in [6.07, 6.45) is 8.93. The predicted molar refractivity (Wildman–Crippen MR) is 66.6 cm³/mol. The maximum absolute atomic E-state index is 5.40. The molecule has 1 aromatic rings. The number of hydrogen-bond donors (Lipinski definition) is 1. The molecule has 0 aromatic carbocycles. The van der Waals surface area contributed by atoms with E-state index in [4.69, 9.17) is 4.74 Å². The third-order valence-corrected chi connectivity index (χ3v) is 3.34. The SMILES string of the molecule is CCNC(CC1CCOCC1)c1cncnc1. The summed E-state index contributed by atoms with van der Waals surface area (Å²) in [6.45, 7) is 4.94. The van der Waals surface area contributed by atoms with Crippen LogP contribution < -0.4 is 5.32 Å². The average Bonchev–Trinajstić information content (AvgIpc) is 2.40. The number of nitrogens with one attached hydrogen (secondary N) is 1. The standard InChI is InChI=1S/C13H21N3O/c1-2-16-13(12-8-14-10-15-9-12)7-11-3-5-17-6-4-11/h8-11,13,16H,2-7H2,1H3. The van der Waals surface area contributed by atoms with Gasteiger partial charge in [-0.25, -0.2) is 9.97 Å². The molecule has 94 valence electrons. The first kappa shape index (κ1) is 12.5. The molecule has 2 rings (SSSR count). The summed E-state index contributed by atoms with van der Waals surface area (Å²) in [4.78, 5) is 8.21. The minimum Gasteiger partial charge on any atom is -0.381 e. The molecule has 0 amide bonds. The molecule has 0 spiro atoms. The van der Waals surface area contributed by atoms with Crippen molar-refractivity contribution >= 4 is 0 Å². The molecule has 1 aliphatic heterocycles. The highest BCUT2D eigenvalue weighted by Crippen LogP contribution is 2.26. The molecule has 0 bridgehead atoms.